The number of aliphatic imine (C=N–C) groups is 1. The minimum absolute atomic E-state index is 0.386. The second-order valence-corrected chi connectivity index (χ2v) is 9.08. The molecule has 0 radical (unpaired) electrons. The van der Waals surface area contributed by atoms with Gasteiger partial charge in [0.15, 0.2) is 0 Å². The van der Waals surface area contributed by atoms with Gasteiger partial charge in [-0.25, -0.2) is 4.99 Å². The third kappa shape index (κ3) is 5.68. The van der Waals surface area contributed by atoms with Gasteiger partial charge in [0.1, 0.15) is 11.6 Å². The molecule has 166 valence electrons. The van der Waals surface area contributed by atoms with Crippen molar-refractivity contribution in [2.45, 2.75) is 58.6 Å². The summed E-state index contributed by atoms with van der Waals surface area (Å²) in [7, 11) is 0. The topological polar surface area (TPSA) is 28.1 Å². The van der Waals surface area contributed by atoms with E-state index in [9.17, 15) is 0 Å². The van der Waals surface area contributed by atoms with Crippen LogP contribution < -0.4 is 4.74 Å². The standard InChI is InChI=1S/C27H37N3O/c1-4-22-7-11-26(12-8-22)31-27-13-10-24-18-23(6-9-25(24)19-27)20-29-14-16-30(17-15-29)21(3)28-5-2/h5-6,9-10,13,18-19,22,26H,3-4,7-8,11-12,14-17,20H2,1-2H3/b28-5-/t22-,26+. The zero-order valence-corrected chi connectivity index (χ0v) is 19.2. The van der Waals surface area contributed by atoms with Gasteiger partial charge < -0.3 is 9.64 Å². The van der Waals surface area contributed by atoms with E-state index >= 15 is 0 Å². The number of rotatable bonds is 7. The van der Waals surface area contributed by atoms with Crippen molar-refractivity contribution >= 4 is 17.0 Å². The zero-order valence-electron chi connectivity index (χ0n) is 19.2. The molecule has 2 aliphatic rings. The summed E-state index contributed by atoms with van der Waals surface area (Å²) in [5.41, 5.74) is 1.37. The summed E-state index contributed by atoms with van der Waals surface area (Å²) in [6.07, 6.45) is 8.53. The molecule has 2 aromatic rings. The summed E-state index contributed by atoms with van der Waals surface area (Å²) in [5, 5.41) is 2.56. The van der Waals surface area contributed by atoms with Gasteiger partial charge in [0.2, 0.25) is 0 Å². The van der Waals surface area contributed by atoms with Crippen molar-refractivity contribution < 1.29 is 4.74 Å². The molecule has 31 heavy (non-hydrogen) atoms. The number of hydrogen-bond acceptors (Lipinski definition) is 4. The third-order valence-corrected chi connectivity index (χ3v) is 6.97. The Morgan fingerprint density at radius 1 is 1.03 bits per heavy atom. The van der Waals surface area contributed by atoms with Crippen LogP contribution in [-0.2, 0) is 6.54 Å². The van der Waals surface area contributed by atoms with E-state index in [4.69, 9.17) is 4.74 Å². The van der Waals surface area contributed by atoms with Crippen LogP contribution >= 0.6 is 0 Å². The lowest BCUT2D eigenvalue weighted by Crippen LogP contribution is -2.44. The Balaban J connectivity index is 1.33. The number of hydrogen-bond donors (Lipinski definition) is 0. The lowest BCUT2D eigenvalue weighted by atomic mass is 9.86. The second kappa shape index (κ2) is 10.3. The molecule has 0 bridgehead atoms. The number of nitrogens with zero attached hydrogens (tertiary/aromatic N) is 3. The molecule has 1 saturated carbocycles. The SMILES string of the molecule is C=C(/N=C\C)N1CCN(Cc2ccc3cc(O[C@H]4CC[C@@H](CC)CC4)ccc3c2)CC1. The Morgan fingerprint density at radius 2 is 1.74 bits per heavy atom. The Kier molecular flexibility index (Phi) is 7.29. The first-order valence-corrected chi connectivity index (χ1v) is 12.0. The molecule has 4 heteroatoms. The molecule has 0 aromatic heterocycles. The molecule has 1 aliphatic carbocycles. The average molecular weight is 420 g/mol. The molecule has 0 atom stereocenters. The molecular weight excluding hydrogens is 382 g/mol. The van der Waals surface area contributed by atoms with Crippen molar-refractivity contribution in [2.75, 3.05) is 26.2 Å². The molecule has 0 N–H and O–H groups in total. The molecule has 2 aromatic carbocycles. The first-order valence-electron chi connectivity index (χ1n) is 12.0. The minimum Gasteiger partial charge on any atom is -0.490 e. The van der Waals surface area contributed by atoms with E-state index in [1.807, 2.05) is 13.1 Å². The molecule has 4 rings (SSSR count). The fraction of sp³-hybridized carbons (Fsp3) is 0.519. The van der Waals surface area contributed by atoms with E-state index in [2.05, 4.69) is 64.7 Å². The van der Waals surface area contributed by atoms with Crippen LogP contribution in [0.4, 0.5) is 0 Å². The maximum atomic E-state index is 6.32. The van der Waals surface area contributed by atoms with Crippen molar-refractivity contribution in [2.24, 2.45) is 10.9 Å². The van der Waals surface area contributed by atoms with Crippen LogP contribution in [0.15, 0.2) is 53.8 Å². The van der Waals surface area contributed by atoms with Crippen LogP contribution in [0, 0.1) is 5.92 Å². The van der Waals surface area contributed by atoms with Gasteiger partial charge in [-0.15, -0.1) is 0 Å². The monoisotopic (exact) mass is 419 g/mol. The van der Waals surface area contributed by atoms with E-state index in [1.54, 1.807) is 0 Å². The smallest absolute Gasteiger partial charge is 0.120 e. The Bertz CT molecular complexity index is 906. The Labute approximate surface area is 187 Å². The summed E-state index contributed by atoms with van der Waals surface area (Å²) >= 11 is 0. The van der Waals surface area contributed by atoms with Crippen LogP contribution in [0.5, 0.6) is 5.75 Å². The highest BCUT2D eigenvalue weighted by Gasteiger charge is 2.21. The van der Waals surface area contributed by atoms with Crippen LogP contribution in [0.2, 0.25) is 0 Å². The number of ether oxygens (including phenoxy) is 1. The van der Waals surface area contributed by atoms with E-state index in [0.29, 0.717) is 6.10 Å². The molecule has 0 spiro atoms. The van der Waals surface area contributed by atoms with E-state index in [-0.39, 0.29) is 0 Å². The predicted octanol–water partition coefficient (Wildman–Crippen LogP) is 5.87. The van der Waals surface area contributed by atoms with E-state index in [0.717, 1.165) is 50.2 Å². The van der Waals surface area contributed by atoms with Crippen LogP contribution in [0.3, 0.4) is 0 Å². The third-order valence-electron chi connectivity index (χ3n) is 6.97. The van der Waals surface area contributed by atoms with E-state index in [1.165, 1.54) is 48.4 Å². The zero-order chi connectivity index (χ0) is 21.6. The highest BCUT2D eigenvalue weighted by atomic mass is 16.5. The molecule has 1 heterocycles. The first-order chi connectivity index (χ1) is 15.1. The lowest BCUT2D eigenvalue weighted by molar-refractivity contribution is 0.130. The van der Waals surface area contributed by atoms with E-state index < -0.39 is 0 Å². The predicted molar refractivity (Wildman–Crippen MR) is 131 cm³/mol. The second-order valence-electron chi connectivity index (χ2n) is 9.08. The van der Waals surface area contributed by atoms with Crippen molar-refractivity contribution in [1.29, 1.82) is 0 Å². The highest BCUT2D eigenvalue weighted by molar-refractivity contribution is 5.84. The highest BCUT2D eigenvalue weighted by Crippen LogP contribution is 2.30. The number of piperazine rings is 1. The molecule has 4 nitrogen and oxygen atoms in total. The van der Waals surface area contributed by atoms with Crippen molar-refractivity contribution in [1.82, 2.24) is 9.80 Å². The van der Waals surface area contributed by atoms with Crippen molar-refractivity contribution in [3.63, 3.8) is 0 Å². The van der Waals surface area contributed by atoms with Crippen LogP contribution in [-0.4, -0.2) is 48.3 Å². The van der Waals surface area contributed by atoms with Crippen molar-refractivity contribution in [3.05, 3.63) is 54.4 Å². The quantitative estimate of drug-likeness (QED) is 0.526. The molecule has 2 fully saturated rings. The van der Waals surface area contributed by atoms with Crippen LogP contribution in [0.1, 0.15) is 51.5 Å². The fourth-order valence-electron chi connectivity index (χ4n) is 4.95. The molecule has 1 saturated heterocycles. The summed E-state index contributed by atoms with van der Waals surface area (Å²) in [6, 6.07) is 13.4. The normalized spacial score (nSPS) is 22.8. The molecular formula is C27H37N3O. The number of benzene rings is 2. The van der Waals surface area contributed by atoms with Gasteiger partial charge >= 0.3 is 0 Å². The van der Waals surface area contributed by atoms with Gasteiger partial charge in [0.05, 0.1) is 6.10 Å². The van der Waals surface area contributed by atoms with Crippen LogP contribution in [0.25, 0.3) is 10.8 Å². The Morgan fingerprint density at radius 3 is 2.45 bits per heavy atom. The molecule has 0 amide bonds. The number of fused-ring (bicyclic) bond motifs is 1. The summed E-state index contributed by atoms with van der Waals surface area (Å²) in [6.45, 7) is 13.4. The summed E-state index contributed by atoms with van der Waals surface area (Å²) in [5.74, 6) is 2.80. The Hall–Kier alpha value is -2.33. The molecule has 0 unspecified atom stereocenters. The maximum Gasteiger partial charge on any atom is 0.120 e. The molecule has 1 aliphatic heterocycles. The maximum absolute atomic E-state index is 6.32. The van der Waals surface area contributed by atoms with Gasteiger partial charge in [0.25, 0.3) is 0 Å². The largest absolute Gasteiger partial charge is 0.490 e. The fourth-order valence-corrected chi connectivity index (χ4v) is 4.95. The van der Waals surface area contributed by atoms with Gasteiger partial charge in [-0.1, -0.05) is 38.1 Å². The summed E-state index contributed by atoms with van der Waals surface area (Å²) < 4.78 is 6.32. The minimum atomic E-state index is 0.386. The van der Waals surface area contributed by atoms with Gasteiger partial charge in [0, 0.05) is 38.9 Å². The summed E-state index contributed by atoms with van der Waals surface area (Å²) in [4.78, 5) is 9.11. The first kappa shape index (κ1) is 21.9. The van der Waals surface area contributed by atoms with Gasteiger partial charge in [-0.3, -0.25) is 4.90 Å². The van der Waals surface area contributed by atoms with Gasteiger partial charge in [-0.05, 0) is 73.1 Å². The van der Waals surface area contributed by atoms with Gasteiger partial charge in [-0.2, -0.15) is 0 Å². The lowest BCUT2D eigenvalue weighted by Gasteiger charge is -2.35. The van der Waals surface area contributed by atoms with Crippen molar-refractivity contribution in [3.8, 4) is 5.75 Å². The average Bonchev–Trinajstić information content (AvgIpc) is 2.80.